The Kier molecular flexibility index (Phi) is 58.2. The first-order valence-electron chi connectivity index (χ1n) is 33.3. The highest BCUT2D eigenvalue weighted by molar-refractivity contribution is 5.70. The minimum atomic E-state index is -1.62. The van der Waals surface area contributed by atoms with E-state index in [0.717, 1.165) is 57.8 Å². The number of carboxylic acids is 1. The van der Waals surface area contributed by atoms with Gasteiger partial charge >= 0.3 is 11.9 Å². The lowest BCUT2D eigenvalue weighted by atomic mass is 10.0. The number of unbranched alkanes of at least 4 members (excludes halogenated alkanes) is 39. The van der Waals surface area contributed by atoms with Gasteiger partial charge in [-0.15, -0.1) is 0 Å². The van der Waals surface area contributed by atoms with E-state index in [1.807, 2.05) is 21.1 Å². The summed E-state index contributed by atoms with van der Waals surface area (Å²) < 4.78 is 22.8. The van der Waals surface area contributed by atoms with E-state index in [1.165, 1.54) is 225 Å². The number of likely N-dealkylation sites (N-methyl/N-ethyl adjacent to an activating group) is 1. The van der Waals surface area contributed by atoms with Crippen molar-refractivity contribution in [1.29, 1.82) is 0 Å². The highest BCUT2D eigenvalue weighted by atomic mass is 16.7. The van der Waals surface area contributed by atoms with Crippen molar-refractivity contribution in [2.45, 2.75) is 328 Å². The van der Waals surface area contributed by atoms with E-state index in [-0.39, 0.29) is 38.6 Å². The highest BCUT2D eigenvalue weighted by Gasteiger charge is 2.22. The standard InChI is InChI=1S/C69H127NO8/c1-6-8-10-12-14-16-18-20-22-24-26-27-28-29-30-31-32-33-34-35-36-37-38-39-40-41-42-44-46-48-50-52-54-56-58-60-67(72)78-65(64-77-69(68(73)74)75-62-61-70(3,4)5)63-76-66(71)59-57-55-53-51-49-47-45-43-25-23-21-19-17-15-13-11-9-7-2/h17-20,23-26,65,69H,6-16,21-22,27-64H2,1-5H3/b19-17-,20-18-,25-23-,26-24-. The van der Waals surface area contributed by atoms with E-state index < -0.39 is 24.3 Å². The Balaban J connectivity index is 4.04. The van der Waals surface area contributed by atoms with E-state index >= 15 is 0 Å². The van der Waals surface area contributed by atoms with Crippen LogP contribution in [-0.2, 0) is 33.3 Å². The van der Waals surface area contributed by atoms with Crippen molar-refractivity contribution in [1.82, 2.24) is 0 Å². The first-order valence-corrected chi connectivity index (χ1v) is 33.3. The average molecular weight is 1100 g/mol. The van der Waals surface area contributed by atoms with Crippen LogP contribution >= 0.6 is 0 Å². The summed E-state index contributed by atoms with van der Waals surface area (Å²) in [7, 11) is 5.93. The van der Waals surface area contributed by atoms with Crippen LogP contribution in [0.1, 0.15) is 316 Å². The zero-order chi connectivity index (χ0) is 56.9. The smallest absolute Gasteiger partial charge is 0.306 e. The second kappa shape index (κ2) is 60.3. The Morgan fingerprint density at radius 1 is 0.385 bits per heavy atom. The fourth-order valence-electron chi connectivity index (χ4n) is 9.66. The number of quaternary nitrogens is 1. The molecule has 0 N–H and O–H groups in total. The summed E-state index contributed by atoms with van der Waals surface area (Å²) in [6.07, 6.45) is 73.3. The number of carbonyl (C=O) groups excluding carboxylic acids is 3. The number of allylic oxidation sites excluding steroid dienone is 8. The third-order valence-corrected chi connectivity index (χ3v) is 14.8. The lowest BCUT2D eigenvalue weighted by Gasteiger charge is -2.26. The lowest BCUT2D eigenvalue weighted by Crippen LogP contribution is -2.44. The molecular weight excluding hydrogens is 971 g/mol. The Morgan fingerprint density at radius 2 is 0.692 bits per heavy atom. The van der Waals surface area contributed by atoms with Crippen molar-refractivity contribution in [2.75, 3.05) is 47.5 Å². The van der Waals surface area contributed by atoms with Crippen LogP contribution in [0.15, 0.2) is 48.6 Å². The molecule has 0 aromatic rings. The minimum Gasteiger partial charge on any atom is -0.545 e. The van der Waals surface area contributed by atoms with E-state index in [9.17, 15) is 19.5 Å². The van der Waals surface area contributed by atoms with Gasteiger partial charge in [-0.05, 0) is 77.0 Å². The maximum Gasteiger partial charge on any atom is 0.306 e. The molecule has 0 heterocycles. The predicted octanol–water partition coefficient (Wildman–Crippen LogP) is 18.9. The number of esters is 2. The average Bonchev–Trinajstić information content (AvgIpc) is 3.41. The quantitative estimate of drug-likeness (QED) is 0.0195. The highest BCUT2D eigenvalue weighted by Crippen LogP contribution is 2.18. The lowest BCUT2D eigenvalue weighted by molar-refractivity contribution is -0.870. The van der Waals surface area contributed by atoms with E-state index in [2.05, 4.69) is 62.5 Å². The summed E-state index contributed by atoms with van der Waals surface area (Å²) in [5.41, 5.74) is 0. The van der Waals surface area contributed by atoms with Crippen molar-refractivity contribution in [3.05, 3.63) is 48.6 Å². The van der Waals surface area contributed by atoms with Gasteiger partial charge in [-0.3, -0.25) is 9.59 Å². The molecule has 2 unspecified atom stereocenters. The third kappa shape index (κ3) is 60.9. The molecule has 0 aromatic heterocycles. The first kappa shape index (κ1) is 75.2. The maximum atomic E-state index is 12.9. The largest absolute Gasteiger partial charge is 0.545 e. The molecule has 0 amide bonds. The summed E-state index contributed by atoms with van der Waals surface area (Å²) in [5.74, 6) is -2.28. The number of hydrogen-bond donors (Lipinski definition) is 0. The van der Waals surface area contributed by atoms with Gasteiger partial charge in [-0.1, -0.05) is 274 Å². The van der Waals surface area contributed by atoms with Crippen molar-refractivity contribution in [2.24, 2.45) is 0 Å². The topological polar surface area (TPSA) is 111 Å². The van der Waals surface area contributed by atoms with Gasteiger partial charge in [-0.2, -0.15) is 0 Å². The minimum absolute atomic E-state index is 0.147. The summed E-state index contributed by atoms with van der Waals surface area (Å²) in [4.78, 5) is 37.4. The fourth-order valence-corrected chi connectivity index (χ4v) is 9.66. The van der Waals surface area contributed by atoms with Crippen LogP contribution in [-0.4, -0.2) is 82.3 Å². The zero-order valence-corrected chi connectivity index (χ0v) is 52.0. The van der Waals surface area contributed by atoms with E-state index in [1.54, 1.807) is 0 Å². The number of carboxylic acid groups (broad SMARTS) is 1. The molecule has 78 heavy (non-hydrogen) atoms. The SMILES string of the molecule is CCCCCC/C=C\C/C=C\CCCCCCCCCC(=O)OCC(COC(OCC[N+](C)(C)C)C(=O)[O-])OC(=O)CCCCCCCCCCCCCCCCCCCCCCCCC/C=C\C/C=C\CCCCCCC. The van der Waals surface area contributed by atoms with Crippen molar-refractivity contribution < 1.29 is 42.9 Å². The molecule has 9 heteroatoms. The molecular formula is C69H127NO8. The van der Waals surface area contributed by atoms with Crippen LogP contribution in [0, 0.1) is 0 Å². The molecule has 2 atom stereocenters. The molecule has 0 aliphatic rings. The van der Waals surface area contributed by atoms with Crippen LogP contribution in [0.2, 0.25) is 0 Å². The van der Waals surface area contributed by atoms with Crippen LogP contribution in [0.3, 0.4) is 0 Å². The normalized spacial score (nSPS) is 13.0. The van der Waals surface area contributed by atoms with Gasteiger partial charge in [0.2, 0.25) is 0 Å². The summed E-state index contributed by atoms with van der Waals surface area (Å²) in [5, 5.41) is 11.8. The predicted molar refractivity (Wildman–Crippen MR) is 329 cm³/mol. The molecule has 0 fully saturated rings. The first-order chi connectivity index (χ1) is 38.1. The molecule has 0 aromatic carbocycles. The molecule has 0 saturated carbocycles. The Labute approximate surface area is 482 Å². The second-order valence-electron chi connectivity index (χ2n) is 23.8. The van der Waals surface area contributed by atoms with Gasteiger partial charge in [0.25, 0.3) is 0 Å². The summed E-state index contributed by atoms with van der Waals surface area (Å²) >= 11 is 0. The molecule has 9 nitrogen and oxygen atoms in total. The maximum absolute atomic E-state index is 12.9. The van der Waals surface area contributed by atoms with Gasteiger partial charge in [-0.25, -0.2) is 0 Å². The van der Waals surface area contributed by atoms with Crippen LogP contribution in [0.5, 0.6) is 0 Å². The molecule has 0 saturated heterocycles. The molecule has 0 bridgehead atoms. The van der Waals surface area contributed by atoms with Crippen molar-refractivity contribution in [3.63, 3.8) is 0 Å². The molecule has 0 radical (unpaired) electrons. The zero-order valence-electron chi connectivity index (χ0n) is 52.0. The van der Waals surface area contributed by atoms with Gasteiger partial charge < -0.3 is 33.3 Å². The summed E-state index contributed by atoms with van der Waals surface area (Å²) in [6.45, 7) is 4.75. The van der Waals surface area contributed by atoms with Crippen LogP contribution in [0.4, 0.5) is 0 Å². The summed E-state index contributed by atoms with van der Waals surface area (Å²) in [6, 6.07) is 0. The Hall–Kier alpha value is -2.75. The molecule has 0 aliphatic carbocycles. The second-order valence-corrected chi connectivity index (χ2v) is 23.8. The monoisotopic (exact) mass is 1100 g/mol. The van der Waals surface area contributed by atoms with Crippen LogP contribution < -0.4 is 5.11 Å². The van der Waals surface area contributed by atoms with Crippen LogP contribution in [0.25, 0.3) is 0 Å². The number of hydrogen-bond acceptors (Lipinski definition) is 8. The van der Waals surface area contributed by atoms with Gasteiger partial charge in [0, 0.05) is 12.8 Å². The molecule has 0 rings (SSSR count). The number of aliphatic carboxylic acids is 1. The number of carbonyl (C=O) groups is 3. The van der Waals surface area contributed by atoms with E-state index in [4.69, 9.17) is 18.9 Å². The Morgan fingerprint density at radius 3 is 1.03 bits per heavy atom. The number of rotatable bonds is 62. The molecule has 456 valence electrons. The van der Waals surface area contributed by atoms with Gasteiger partial charge in [0.05, 0.1) is 40.3 Å². The fraction of sp³-hybridized carbons (Fsp3) is 0.841. The Bertz CT molecular complexity index is 1420. The molecule has 0 aliphatic heterocycles. The number of ether oxygens (including phenoxy) is 4. The van der Waals surface area contributed by atoms with Crippen molar-refractivity contribution >= 4 is 17.9 Å². The third-order valence-electron chi connectivity index (χ3n) is 14.8. The van der Waals surface area contributed by atoms with E-state index in [0.29, 0.717) is 17.4 Å². The molecule has 0 spiro atoms. The number of nitrogens with zero attached hydrogens (tertiary/aromatic N) is 1. The van der Waals surface area contributed by atoms with Gasteiger partial charge in [0.15, 0.2) is 12.4 Å². The van der Waals surface area contributed by atoms with Crippen molar-refractivity contribution in [3.8, 4) is 0 Å². The van der Waals surface area contributed by atoms with Gasteiger partial charge in [0.1, 0.15) is 13.2 Å².